The van der Waals surface area contributed by atoms with Crippen molar-refractivity contribution in [1.82, 2.24) is 9.97 Å². The lowest BCUT2D eigenvalue weighted by atomic mass is 10.0. The van der Waals surface area contributed by atoms with Gasteiger partial charge in [0.2, 0.25) is 5.95 Å². The van der Waals surface area contributed by atoms with Crippen molar-refractivity contribution < 1.29 is 4.74 Å². The van der Waals surface area contributed by atoms with Gasteiger partial charge >= 0.3 is 0 Å². The summed E-state index contributed by atoms with van der Waals surface area (Å²) in [4.78, 5) is 18.0. The Morgan fingerprint density at radius 1 is 1.22 bits per heavy atom. The van der Waals surface area contributed by atoms with E-state index >= 15 is 0 Å². The molecule has 0 aliphatic rings. The predicted molar refractivity (Wildman–Crippen MR) is 70.7 cm³/mol. The van der Waals surface area contributed by atoms with Crippen LogP contribution in [0.25, 0.3) is 11.3 Å². The smallest absolute Gasteiger partial charge is 0.252 e. The Morgan fingerprint density at radius 3 is 2.56 bits per heavy atom. The van der Waals surface area contributed by atoms with Crippen molar-refractivity contribution in [1.29, 1.82) is 0 Å². The number of anilines is 1. The van der Waals surface area contributed by atoms with Crippen LogP contribution < -0.4 is 16.0 Å². The number of benzene rings is 1. The molecule has 1 aromatic carbocycles. The van der Waals surface area contributed by atoms with Crippen LogP contribution in [-0.4, -0.2) is 17.1 Å². The highest BCUT2D eigenvalue weighted by Crippen LogP contribution is 2.28. The first-order valence-electron chi connectivity index (χ1n) is 5.53. The van der Waals surface area contributed by atoms with E-state index in [2.05, 4.69) is 9.97 Å². The summed E-state index contributed by atoms with van der Waals surface area (Å²) in [6.07, 6.45) is 0. The molecule has 0 fully saturated rings. The number of aromatic nitrogens is 2. The summed E-state index contributed by atoms with van der Waals surface area (Å²) in [6, 6.07) is 5.30. The zero-order chi connectivity index (χ0) is 13.3. The van der Waals surface area contributed by atoms with Crippen LogP contribution in [0.3, 0.4) is 0 Å². The van der Waals surface area contributed by atoms with Crippen LogP contribution in [0.1, 0.15) is 11.1 Å². The van der Waals surface area contributed by atoms with E-state index in [4.69, 9.17) is 10.5 Å². The molecule has 0 amide bonds. The first-order chi connectivity index (χ1) is 8.51. The second-order valence-corrected chi connectivity index (χ2v) is 4.15. The van der Waals surface area contributed by atoms with Crippen LogP contribution in [-0.2, 0) is 0 Å². The van der Waals surface area contributed by atoms with Gasteiger partial charge in [-0.1, -0.05) is 0 Å². The van der Waals surface area contributed by atoms with Crippen molar-refractivity contribution in [3.8, 4) is 17.0 Å². The number of nitrogen functional groups attached to an aromatic ring is 1. The normalized spacial score (nSPS) is 10.4. The van der Waals surface area contributed by atoms with Crippen molar-refractivity contribution in [2.24, 2.45) is 0 Å². The third-order valence-electron chi connectivity index (χ3n) is 2.78. The van der Waals surface area contributed by atoms with Crippen LogP contribution in [0, 0.1) is 13.8 Å². The largest absolute Gasteiger partial charge is 0.496 e. The van der Waals surface area contributed by atoms with Gasteiger partial charge in [-0.05, 0) is 37.1 Å². The quantitative estimate of drug-likeness (QED) is 0.842. The van der Waals surface area contributed by atoms with Crippen LogP contribution in [0.2, 0.25) is 0 Å². The molecular weight excluding hydrogens is 230 g/mol. The van der Waals surface area contributed by atoms with E-state index in [-0.39, 0.29) is 11.5 Å². The number of aromatic amines is 1. The van der Waals surface area contributed by atoms with Crippen molar-refractivity contribution in [2.45, 2.75) is 13.8 Å². The number of hydrogen-bond donors (Lipinski definition) is 2. The molecule has 0 saturated carbocycles. The lowest BCUT2D eigenvalue weighted by Gasteiger charge is -2.11. The van der Waals surface area contributed by atoms with E-state index in [0.717, 1.165) is 22.4 Å². The Kier molecular flexibility index (Phi) is 3.06. The van der Waals surface area contributed by atoms with Crippen molar-refractivity contribution in [3.63, 3.8) is 0 Å². The number of hydrogen-bond acceptors (Lipinski definition) is 4. The first kappa shape index (κ1) is 12.2. The van der Waals surface area contributed by atoms with Crippen LogP contribution in [0.4, 0.5) is 5.95 Å². The number of H-pyrrole nitrogens is 1. The van der Waals surface area contributed by atoms with E-state index in [1.54, 1.807) is 7.11 Å². The number of nitrogens with two attached hydrogens (primary N) is 1. The lowest BCUT2D eigenvalue weighted by molar-refractivity contribution is 0.411. The summed E-state index contributed by atoms with van der Waals surface area (Å²) in [5, 5.41) is 0. The molecule has 0 aliphatic carbocycles. The standard InChI is InChI=1S/C13H15N3O2/c1-7-5-11(18-3)8(2)4-9(7)10-6-12(17)16-13(14)15-10/h4-6H,1-3H3,(H3,14,15,16,17). The SMILES string of the molecule is COc1cc(C)c(-c2cc(=O)[nH]c(N)n2)cc1C. The summed E-state index contributed by atoms with van der Waals surface area (Å²) >= 11 is 0. The number of rotatable bonds is 2. The van der Waals surface area contributed by atoms with E-state index in [9.17, 15) is 4.79 Å². The van der Waals surface area contributed by atoms with Gasteiger partial charge in [0.05, 0.1) is 12.8 Å². The van der Waals surface area contributed by atoms with Gasteiger partial charge in [-0.3, -0.25) is 9.78 Å². The molecule has 18 heavy (non-hydrogen) atoms. The predicted octanol–water partition coefficient (Wildman–Crippen LogP) is 1.64. The molecule has 2 rings (SSSR count). The zero-order valence-corrected chi connectivity index (χ0v) is 10.6. The van der Waals surface area contributed by atoms with Crippen molar-refractivity contribution >= 4 is 5.95 Å². The van der Waals surface area contributed by atoms with E-state index in [0.29, 0.717) is 5.69 Å². The van der Waals surface area contributed by atoms with Gasteiger partial charge in [-0.15, -0.1) is 0 Å². The van der Waals surface area contributed by atoms with Crippen LogP contribution in [0.15, 0.2) is 23.0 Å². The highest BCUT2D eigenvalue weighted by Gasteiger charge is 2.09. The minimum absolute atomic E-state index is 0.116. The van der Waals surface area contributed by atoms with Gasteiger partial charge in [0.15, 0.2) is 0 Å². The second kappa shape index (κ2) is 4.52. The Labute approximate surface area is 105 Å². The molecule has 94 valence electrons. The molecule has 5 heteroatoms. The van der Waals surface area contributed by atoms with Gasteiger partial charge in [0.1, 0.15) is 5.75 Å². The topological polar surface area (TPSA) is 81.0 Å². The molecule has 0 bridgehead atoms. The van der Waals surface area contributed by atoms with Gasteiger partial charge in [-0.2, -0.15) is 0 Å². The molecule has 1 aromatic heterocycles. The molecule has 0 spiro atoms. The molecule has 0 unspecified atom stereocenters. The van der Waals surface area contributed by atoms with E-state index in [1.807, 2.05) is 26.0 Å². The Morgan fingerprint density at radius 2 is 1.94 bits per heavy atom. The fourth-order valence-corrected chi connectivity index (χ4v) is 1.90. The Hall–Kier alpha value is -2.30. The van der Waals surface area contributed by atoms with E-state index in [1.165, 1.54) is 6.07 Å². The maximum absolute atomic E-state index is 11.4. The van der Waals surface area contributed by atoms with Crippen LogP contribution >= 0.6 is 0 Å². The number of nitrogens with one attached hydrogen (secondary N) is 1. The maximum Gasteiger partial charge on any atom is 0.252 e. The highest BCUT2D eigenvalue weighted by atomic mass is 16.5. The molecular formula is C13H15N3O2. The third-order valence-corrected chi connectivity index (χ3v) is 2.78. The van der Waals surface area contributed by atoms with Crippen LogP contribution in [0.5, 0.6) is 5.75 Å². The molecule has 5 nitrogen and oxygen atoms in total. The molecule has 0 atom stereocenters. The van der Waals surface area contributed by atoms with Crippen molar-refractivity contribution in [2.75, 3.05) is 12.8 Å². The minimum atomic E-state index is -0.259. The maximum atomic E-state index is 11.4. The first-order valence-corrected chi connectivity index (χ1v) is 5.53. The van der Waals surface area contributed by atoms with Gasteiger partial charge in [0, 0.05) is 11.6 Å². The molecule has 2 aromatic rings. The number of ether oxygens (including phenoxy) is 1. The summed E-state index contributed by atoms with van der Waals surface area (Å²) in [5.74, 6) is 0.930. The molecule has 0 radical (unpaired) electrons. The fourth-order valence-electron chi connectivity index (χ4n) is 1.90. The van der Waals surface area contributed by atoms with E-state index < -0.39 is 0 Å². The molecule has 1 heterocycles. The van der Waals surface area contributed by atoms with Gasteiger partial charge in [0.25, 0.3) is 5.56 Å². The monoisotopic (exact) mass is 245 g/mol. The molecule has 0 aliphatic heterocycles. The number of aryl methyl sites for hydroxylation is 2. The number of nitrogens with zero attached hydrogens (tertiary/aromatic N) is 1. The fraction of sp³-hybridized carbons (Fsp3) is 0.231. The Balaban J connectivity index is 2.64. The summed E-state index contributed by atoms with van der Waals surface area (Å²) in [6.45, 7) is 3.88. The Bertz CT molecular complexity index is 647. The number of methoxy groups -OCH3 is 1. The van der Waals surface area contributed by atoms with Gasteiger partial charge < -0.3 is 10.5 Å². The minimum Gasteiger partial charge on any atom is -0.496 e. The highest BCUT2D eigenvalue weighted by molar-refractivity contribution is 5.66. The lowest BCUT2D eigenvalue weighted by Crippen LogP contribution is -2.10. The summed E-state index contributed by atoms with van der Waals surface area (Å²) < 4.78 is 5.25. The van der Waals surface area contributed by atoms with Crippen molar-refractivity contribution in [3.05, 3.63) is 39.7 Å². The zero-order valence-electron chi connectivity index (χ0n) is 10.6. The summed E-state index contributed by atoms with van der Waals surface area (Å²) in [5.41, 5.74) is 8.71. The average molecular weight is 245 g/mol. The molecule has 3 N–H and O–H groups in total. The van der Waals surface area contributed by atoms with Gasteiger partial charge in [-0.25, -0.2) is 4.98 Å². The molecule has 0 saturated heterocycles. The summed E-state index contributed by atoms with van der Waals surface area (Å²) in [7, 11) is 1.63. The third kappa shape index (κ3) is 2.20. The second-order valence-electron chi connectivity index (χ2n) is 4.15. The average Bonchev–Trinajstić information content (AvgIpc) is 2.30.